The molecule has 2 aliphatic heterocycles. The van der Waals surface area contributed by atoms with Gasteiger partial charge in [-0.05, 0) is 27.1 Å². The molecule has 0 amide bonds. The van der Waals surface area contributed by atoms with Crippen LogP contribution in [0.2, 0.25) is 0 Å². The summed E-state index contributed by atoms with van der Waals surface area (Å²) < 4.78 is 0. The van der Waals surface area contributed by atoms with Crippen LogP contribution in [0.4, 0.5) is 0 Å². The Hall–Kier alpha value is -0.160. The van der Waals surface area contributed by atoms with E-state index in [1.165, 1.54) is 58.8 Å². The molecular weight excluding hydrogens is 200 g/mol. The minimum Gasteiger partial charge on any atom is -0.315 e. The van der Waals surface area contributed by atoms with Gasteiger partial charge in [0.15, 0.2) is 0 Å². The number of nitrogens with zero attached hydrogens (tertiary/aromatic N) is 3. The fraction of sp³-hybridized carbons (Fsp3) is 1.00. The standard InChI is InChI=1S/C12H26N4/c1-14-5-8-16(9-6-14)10-7-15(2)12-3-4-13-11-12/h12-13H,3-11H2,1-2H3. The largest absolute Gasteiger partial charge is 0.315 e. The number of nitrogens with one attached hydrogen (secondary N) is 1. The molecule has 0 spiro atoms. The first-order valence-corrected chi connectivity index (χ1v) is 6.57. The van der Waals surface area contributed by atoms with Crippen LogP contribution >= 0.6 is 0 Å². The molecular formula is C12H26N4. The van der Waals surface area contributed by atoms with E-state index in [1.54, 1.807) is 0 Å². The summed E-state index contributed by atoms with van der Waals surface area (Å²) in [6, 6.07) is 0.771. The molecule has 0 aromatic carbocycles. The van der Waals surface area contributed by atoms with E-state index < -0.39 is 0 Å². The molecule has 2 heterocycles. The van der Waals surface area contributed by atoms with E-state index in [-0.39, 0.29) is 0 Å². The molecule has 0 aliphatic carbocycles. The SMILES string of the molecule is CN1CCN(CCN(C)C2CCNC2)CC1. The third kappa shape index (κ3) is 3.42. The van der Waals surface area contributed by atoms with Crippen molar-refractivity contribution in [2.75, 3.05) is 66.5 Å². The number of hydrogen-bond acceptors (Lipinski definition) is 4. The second-order valence-electron chi connectivity index (χ2n) is 5.27. The third-order valence-electron chi connectivity index (χ3n) is 4.02. The van der Waals surface area contributed by atoms with Gasteiger partial charge in [-0.15, -0.1) is 0 Å². The highest BCUT2D eigenvalue weighted by Gasteiger charge is 2.20. The normalized spacial score (nSPS) is 29.1. The molecule has 0 radical (unpaired) electrons. The number of likely N-dealkylation sites (N-methyl/N-ethyl adjacent to an activating group) is 2. The topological polar surface area (TPSA) is 21.8 Å². The first-order chi connectivity index (χ1) is 7.75. The maximum atomic E-state index is 3.44. The molecule has 16 heavy (non-hydrogen) atoms. The van der Waals surface area contributed by atoms with Crippen molar-refractivity contribution >= 4 is 0 Å². The van der Waals surface area contributed by atoms with E-state index in [0.717, 1.165) is 6.04 Å². The Bertz CT molecular complexity index is 195. The van der Waals surface area contributed by atoms with Crippen LogP contribution in [0.25, 0.3) is 0 Å². The first kappa shape index (κ1) is 12.3. The second-order valence-corrected chi connectivity index (χ2v) is 5.27. The molecule has 2 rings (SSSR count). The van der Waals surface area contributed by atoms with Crippen LogP contribution in [0, 0.1) is 0 Å². The molecule has 0 aromatic rings. The zero-order chi connectivity index (χ0) is 11.4. The molecule has 4 heteroatoms. The Labute approximate surface area is 99.6 Å². The Morgan fingerprint density at radius 2 is 2.00 bits per heavy atom. The molecule has 2 fully saturated rings. The van der Waals surface area contributed by atoms with Gasteiger partial charge >= 0.3 is 0 Å². The fourth-order valence-electron chi connectivity index (χ4n) is 2.57. The Morgan fingerprint density at radius 1 is 1.25 bits per heavy atom. The summed E-state index contributed by atoms with van der Waals surface area (Å²) in [5, 5.41) is 3.44. The minimum absolute atomic E-state index is 0.771. The van der Waals surface area contributed by atoms with Gasteiger partial charge in [0.05, 0.1) is 0 Å². The van der Waals surface area contributed by atoms with Crippen molar-refractivity contribution in [3.8, 4) is 0 Å². The van der Waals surface area contributed by atoms with Gasteiger partial charge < -0.3 is 15.1 Å². The van der Waals surface area contributed by atoms with E-state index in [0.29, 0.717) is 0 Å². The lowest BCUT2D eigenvalue weighted by Crippen LogP contribution is -2.47. The third-order valence-corrected chi connectivity index (χ3v) is 4.02. The molecule has 1 unspecified atom stereocenters. The van der Waals surface area contributed by atoms with E-state index in [4.69, 9.17) is 0 Å². The van der Waals surface area contributed by atoms with Crippen LogP contribution in [0.1, 0.15) is 6.42 Å². The highest BCUT2D eigenvalue weighted by molar-refractivity contribution is 4.79. The smallest absolute Gasteiger partial charge is 0.0230 e. The van der Waals surface area contributed by atoms with Crippen LogP contribution in [0.15, 0.2) is 0 Å². The lowest BCUT2D eigenvalue weighted by molar-refractivity contribution is 0.132. The van der Waals surface area contributed by atoms with Crippen molar-refractivity contribution in [3.05, 3.63) is 0 Å². The van der Waals surface area contributed by atoms with Crippen LogP contribution in [0.3, 0.4) is 0 Å². The number of piperazine rings is 1. The monoisotopic (exact) mass is 226 g/mol. The Kier molecular flexibility index (Phi) is 4.58. The van der Waals surface area contributed by atoms with Crippen molar-refractivity contribution in [1.29, 1.82) is 0 Å². The second kappa shape index (κ2) is 5.96. The zero-order valence-electron chi connectivity index (χ0n) is 10.8. The molecule has 1 N–H and O–H groups in total. The Morgan fingerprint density at radius 3 is 2.62 bits per heavy atom. The van der Waals surface area contributed by atoms with Gasteiger partial charge in [0.25, 0.3) is 0 Å². The van der Waals surface area contributed by atoms with Gasteiger partial charge in [-0.2, -0.15) is 0 Å². The molecule has 0 aromatic heterocycles. The van der Waals surface area contributed by atoms with Gasteiger partial charge in [-0.25, -0.2) is 0 Å². The predicted octanol–water partition coefficient (Wildman–Crippen LogP) is -0.472. The van der Waals surface area contributed by atoms with E-state index in [9.17, 15) is 0 Å². The quantitative estimate of drug-likeness (QED) is 0.699. The molecule has 1 atom stereocenters. The van der Waals surface area contributed by atoms with Crippen LogP contribution in [-0.2, 0) is 0 Å². The lowest BCUT2D eigenvalue weighted by atomic mass is 10.2. The zero-order valence-corrected chi connectivity index (χ0v) is 10.8. The summed E-state index contributed by atoms with van der Waals surface area (Å²) in [4.78, 5) is 7.54. The Balaban J connectivity index is 1.62. The lowest BCUT2D eigenvalue weighted by Gasteiger charge is -2.34. The van der Waals surface area contributed by atoms with Gasteiger partial charge in [-0.3, -0.25) is 4.90 Å². The number of hydrogen-bond donors (Lipinski definition) is 1. The first-order valence-electron chi connectivity index (χ1n) is 6.57. The van der Waals surface area contributed by atoms with Crippen LogP contribution in [-0.4, -0.2) is 87.2 Å². The van der Waals surface area contributed by atoms with Gasteiger partial charge in [-0.1, -0.05) is 0 Å². The van der Waals surface area contributed by atoms with Gasteiger partial charge in [0, 0.05) is 51.9 Å². The van der Waals surface area contributed by atoms with Gasteiger partial charge in [0.2, 0.25) is 0 Å². The summed E-state index contributed by atoms with van der Waals surface area (Å²) in [7, 11) is 4.49. The fourth-order valence-corrected chi connectivity index (χ4v) is 2.57. The highest BCUT2D eigenvalue weighted by atomic mass is 15.3. The van der Waals surface area contributed by atoms with Crippen molar-refractivity contribution in [2.24, 2.45) is 0 Å². The van der Waals surface area contributed by atoms with Crippen LogP contribution in [0.5, 0.6) is 0 Å². The van der Waals surface area contributed by atoms with Crippen molar-refractivity contribution in [1.82, 2.24) is 20.0 Å². The minimum atomic E-state index is 0.771. The summed E-state index contributed by atoms with van der Waals surface area (Å²) in [5.41, 5.74) is 0. The predicted molar refractivity (Wildman–Crippen MR) is 67.8 cm³/mol. The maximum absolute atomic E-state index is 3.44. The van der Waals surface area contributed by atoms with Crippen LogP contribution < -0.4 is 5.32 Å². The summed E-state index contributed by atoms with van der Waals surface area (Å²) in [6.45, 7) is 9.78. The molecule has 2 aliphatic rings. The molecule has 4 nitrogen and oxygen atoms in total. The highest BCUT2D eigenvalue weighted by Crippen LogP contribution is 2.06. The molecule has 2 saturated heterocycles. The maximum Gasteiger partial charge on any atom is 0.0230 e. The summed E-state index contributed by atoms with van der Waals surface area (Å²) >= 11 is 0. The van der Waals surface area contributed by atoms with E-state index in [1.807, 2.05) is 0 Å². The molecule has 94 valence electrons. The average molecular weight is 226 g/mol. The summed E-state index contributed by atoms with van der Waals surface area (Å²) in [6.07, 6.45) is 1.32. The molecule has 0 saturated carbocycles. The van der Waals surface area contributed by atoms with Gasteiger partial charge in [0.1, 0.15) is 0 Å². The summed E-state index contributed by atoms with van der Waals surface area (Å²) in [5.74, 6) is 0. The van der Waals surface area contributed by atoms with Crippen molar-refractivity contribution < 1.29 is 0 Å². The van der Waals surface area contributed by atoms with Crippen molar-refractivity contribution in [2.45, 2.75) is 12.5 Å². The number of rotatable bonds is 4. The molecule has 0 bridgehead atoms. The van der Waals surface area contributed by atoms with Crippen molar-refractivity contribution in [3.63, 3.8) is 0 Å². The van der Waals surface area contributed by atoms with E-state index >= 15 is 0 Å². The van der Waals surface area contributed by atoms with E-state index in [2.05, 4.69) is 34.1 Å². The average Bonchev–Trinajstić information content (AvgIpc) is 2.81.